The summed E-state index contributed by atoms with van der Waals surface area (Å²) in [5, 5.41) is 12.4. The monoisotopic (exact) mass is 526 g/mol. The van der Waals surface area contributed by atoms with E-state index >= 15 is 0 Å². The third-order valence-corrected chi connectivity index (χ3v) is 6.29. The van der Waals surface area contributed by atoms with Crippen molar-refractivity contribution in [1.29, 1.82) is 5.26 Å². The number of H-pyrrole nitrogens is 1. The van der Waals surface area contributed by atoms with Crippen molar-refractivity contribution in [2.75, 3.05) is 43.2 Å². The molecule has 1 aliphatic rings. The molecule has 9 nitrogen and oxygen atoms in total. The van der Waals surface area contributed by atoms with E-state index in [0.717, 1.165) is 52.2 Å². The maximum Gasteiger partial charge on any atom is 0.201 e. The van der Waals surface area contributed by atoms with E-state index in [2.05, 4.69) is 80.0 Å². The highest BCUT2D eigenvalue weighted by atomic mass is 79.9. The summed E-state index contributed by atoms with van der Waals surface area (Å²) in [6, 6.07) is 7.86. The predicted molar refractivity (Wildman–Crippen MR) is 137 cm³/mol. The minimum Gasteiger partial charge on any atom is -0.374 e. The summed E-state index contributed by atoms with van der Waals surface area (Å²) in [4.78, 5) is 16.8. The maximum atomic E-state index is 9.80. The van der Waals surface area contributed by atoms with E-state index in [-0.39, 0.29) is 11.6 Å². The number of halogens is 1. The summed E-state index contributed by atoms with van der Waals surface area (Å²) >= 11 is 3.48. The van der Waals surface area contributed by atoms with Crippen LogP contribution in [-0.2, 0) is 4.74 Å². The lowest BCUT2D eigenvalue weighted by molar-refractivity contribution is -0.0422. The molecule has 0 unspecified atom stereocenters. The van der Waals surface area contributed by atoms with Crippen molar-refractivity contribution in [2.24, 2.45) is 0 Å². The van der Waals surface area contributed by atoms with E-state index in [9.17, 15) is 5.26 Å². The molecule has 1 saturated heterocycles. The minimum atomic E-state index is -0.253. The number of fused-ring (bicyclic) bond motifs is 1. The molecule has 4 rings (SSSR count). The van der Waals surface area contributed by atoms with Gasteiger partial charge in [-0.2, -0.15) is 5.26 Å². The Kier molecular flexibility index (Phi) is 7.26. The third-order valence-electron chi connectivity index (χ3n) is 5.79. The first-order valence-electron chi connectivity index (χ1n) is 11.3. The van der Waals surface area contributed by atoms with E-state index in [1.54, 1.807) is 11.3 Å². The zero-order chi connectivity index (χ0) is 24.3. The van der Waals surface area contributed by atoms with Crippen LogP contribution in [0.2, 0.25) is 0 Å². The molecule has 0 saturated carbocycles. The SMILES string of the molecule is Cc1c[nH]c2ncnc(N3CCN(CN(C#N)Nc4cccc(Br)c4)[C@@H](COC(C)(C)C)C3)c12. The number of anilines is 2. The molecular formula is C24H31BrN8O. The van der Waals surface area contributed by atoms with Crippen molar-refractivity contribution in [3.05, 3.63) is 46.8 Å². The number of nitriles is 1. The molecule has 180 valence electrons. The molecule has 3 heterocycles. The van der Waals surface area contributed by atoms with Gasteiger partial charge in [0.15, 0.2) is 0 Å². The number of ether oxygens (including phenoxy) is 1. The van der Waals surface area contributed by atoms with E-state index in [0.29, 0.717) is 13.3 Å². The Morgan fingerprint density at radius 2 is 2.15 bits per heavy atom. The zero-order valence-electron chi connectivity index (χ0n) is 20.0. The molecule has 1 fully saturated rings. The van der Waals surface area contributed by atoms with E-state index in [1.807, 2.05) is 30.5 Å². The Morgan fingerprint density at radius 3 is 2.88 bits per heavy atom. The van der Waals surface area contributed by atoms with Crippen molar-refractivity contribution < 1.29 is 4.74 Å². The minimum absolute atomic E-state index is 0.0809. The fourth-order valence-corrected chi connectivity index (χ4v) is 4.50. The number of hydrazine groups is 1. The fraction of sp³-hybridized carbons (Fsp3) is 0.458. The van der Waals surface area contributed by atoms with Crippen molar-refractivity contribution >= 4 is 38.5 Å². The number of piperazine rings is 1. The quantitative estimate of drug-likeness (QED) is 0.269. The van der Waals surface area contributed by atoms with Gasteiger partial charge in [-0.05, 0) is 51.5 Å². The van der Waals surface area contributed by atoms with Crippen LogP contribution in [0.5, 0.6) is 0 Å². The second-order valence-corrected chi connectivity index (χ2v) is 10.4. The zero-order valence-corrected chi connectivity index (χ0v) is 21.6. The van der Waals surface area contributed by atoms with Crippen LogP contribution in [0, 0.1) is 18.4 Å². The van der Waals surface area contributed by atoms with Gasteiger partial charge in [-0.15, -0.1) is 0 Å². The van der Waals surface area contributed by atoms with Crippen LogP contribution in [0.25, 0.3) is 11.0 Å². The molecule has 3 aromatic rings. The van der Waals surface area contributed by atoms with Gasteiger partial charge in [-0.1, -0.05) is 22.0 Å². The van der Waals surface area contributed by atoms with Crippen LogP contribution < -0.4 is 10.3 Å². The molecular weight excluding hydrogens is 496 g/mol. The Bertz CT molecular complexity index is 1170. The van der Waals surface area contributed by atoms with Gasteiger partial charge in [-0.25, -0.2) is 15.0 Å². The normalized spacial score (nSPS) is 17.1. The number of hydrogen-bond donors (Lipinski definition) is 2. The number of nitrogens with one attached hydrogen (secondary N) is 2. The molecule has 0 bridgehead atoms. The van der Waals surface area contributed by atoms with Crippen LogP contribution in [-0.4, -0.2) is 69.4 Å². The van der Waals surface area contributed by atoms with Crippen molar-refractivity contribution in [2.45, 2.75) is 39.3 Å². The van der Waals surface area contributed by atoms with Gasteiger partial charge in [-0.3, -0.25) is 10.3 Å². The highest BCUT2D eigenvalue weighted by Crippen LogP contribution is 2.28. The number of rotatable bonds is 7. The second-order valence-electron chi connectivity index (χ2n) is 9.52. The number of aromatic amines is 1. The molecule has 0 amide bonds. The summed E-state index contributed by atoms with van der Waals surface area (Å²) in [6.07, 6.45) is 5.85. The van der Waals surface area contributed by atoms with Gasteiger partial charge in [0.05, 0.1) is 29.3 Å². The van der Waals surface area contributed by atoms with Crippen LogP contribution in [0.3, 0.4) is 0 Å². The molecule has 10 heteroatoms. The topological polar surface area (TPSA) is 96.3 Å². The number of benzene rings is 1. The Balaban J connectivity index is 1.52. The van der Waals surface area contributed by atoms with Crippen LogP contribution in [0.1, 0.15) is 26.3 Å². The number of aromatic nitrogens is 3. The van der Waals surface area contributed by atoms with Crippen LogP contribution in [0.4, 0.5) is 11.5 Å². The number of aryl methyl sites for hydroxylation is 1. The summed E-state index contributed by atoms with van der Waals surface area (Å²) in [5.41, 5.74) is 5.78. The van der Waals surface area contributed by atoms with Gasteiger partial charge in [0.25, 0.3) is 0 Å². The summed E-state index contributed by atoms with van der Waals surface area (Å²) in [6.45, 7) is 11.5. The first-order valence-corrected chi connectivity index (χ1v) is 12.1. The van der Waals surface area contributed by atoms with E-state index in [1.165, 1.54) is 0 Å². The standard InChI is InChI=1S/C24H31BrN8O/c1-17-11-27-22-21(17)23(29-15-28-22)31-8-9-32(20(12-31)13-34-24(2,3)4)16-33(14-26)30-19-7-5-6-18(25)10-19/h5-7,10-11,15,20,30H,8-9,12-13,16H2,1-4H3,(H,27,28,29)/t20-/m1/s1. The van der Waals surface area contributed by atoms with Gasteiger partial charge < -0.3 is 14.6 Å². The lowest BCUT2D eigenvalue weighted by Gasteiger charge is -2.43. The molecule has 1 aromatic carbocycles. The summed E-state index contributed by atoms with van der Waals surface area (Å²) in [5.74, 6) is 0.938. The third kappa shape index (κ3) is 5.78. The van der Waals surface area contributed by atoms with E-state index < -0.39 is 0 Å². The summed E-state index contributed by atoms with van der Waals surface area (Å²) in [7, 11) is 0. The number of nitrogens with zero attached hydrogens (tertiary/aromatic N) is 6. The summed E-state index contributed by atoms with van der Waals surface area (Å²) < 4.78 is 7.15. The molecule has 34 heavy (non-hydrogen) atoms. The molecule has 1 atom stereocenters. The molecule has 0 aliphatic carbocycles. The van der Waals surface area contributed by atoms with Gasteiger partial charge in [0.1, 0.15) is 24.5 Å². The maximum absolute atomic E-state index is 9.80. The Labute approximate surface area is 208 Å². The van der Waals surface area contributed by atoms with Gasteiger partial charge in [0, 0.05) is 30.3 Å². The Hall–Kier alpha value is -2.87. The van der Waals surface area contributed by atoms with Crippen molar-refractivity contribution in [1.82, 2.24) is 24.9 Å². The van der Waals surface area contributed by atoms with Gasteiger partial charge >= 0.3 is 0 Å². The molecule has 2 N–H and O–H groups in total. The number of hydrogen-bond acceptors (Lipinski definition) is 8. The van der Waals surface area contributed by atoms with E-state index in [4.69, 9.17) is 4.74 Å². The predicted octanol–water partition coefficient (Wildman–Crippen LogP) is 4.10. The molecule has 1 aliphatic heterocycles. The lowest BCUT2D eigenvalue weighted by Crippen LogP contribution is -2.58. The van der Waals surface area contributed by atoms with Crippen LogP contribution in [0.15, 0.2) is 41.3 Å². The second kappa shape index (κ2) is 10.2. The Morgan fingerprint density at radius 1 is 1.32 bits per heavy atom. The highest BCUT2D eigenvalue weighted by Gasteiger charge is 2.31. The average Bonchev–Trinajstić information content (AvgIpc) is 3.18. The van der Waals surface area contributed by atoms with Gasteiger partial charge in [0.2, 0.25) is 6.19 Å². The van der Waals surface area contributed by atoms with Crippen molar-refractivity contribution in [3.63, 3.8) is 0 Å². The van der Waals surface area contributed by atoms with Crippen molar-refractivity contribution in [3.8, 4) is 6.19 Å². The highest BCUT2D eigenvalue weighted by molar-refractivity contribution is 9.10. The smallest absolute Gasteiger partial charge is 0.201 e. The molecule has 0 radical (unpaired) electrons. The first-order chi connectivity index (χ1) is 16.2. The largest absolute Gasteiger partial charge is 0.374 e. The lowest BCUT2D eigenvalue weighted by atomic mass is 10.1. The molecule has 0 spiro atoms. The molecule has 2 aromatic heterocycles. The average molecular weight is 527 g/mol. The fourth-order valence-electron chi connectivity index (χ4n) is 4.10. The first kappa shape index (κ1) is 24.3. The van der Waals surface area contributed by atoms with Crippen LogP contribution >= 0.6 is 15.9 Å².